The summed E-state index contributed by atoms with van der Waals surface area (Å²) in [4.78, 5) is 21.3. The number of hydrogen-bond donors (Lipinski definition) is 1. The molecule has 148 valence electrons. The number of hydrogen-bond acceptors (Lipinski definition) is 6. The second kappa shape index (κ2) is 8.55. The van der Waals surface area contributed by atoms with Crippen LogP contribution in [0.5, 0.6) is 0 Å². The summed E-state index contributed by atoms with van der Waals surface area (Å²) in [5.74, 6) is -0.365. The highest BCUT2D eigenvalue weighted by atomic mass is 32.1. The molecule has 6 nitrogen and oxygen atoms in total. The molecule has 0 aliphatic carbocycles. The maximum atomic E-state index is 13.4. The Kier molecular flexibility index (Phi) is 5.69. The third-order valence-electron chi connectivity index (χ3n) is 4.97. The van der Waals surface area contributed by atoms with Gasteiger partial charge in [-0.3, -0.25) is 9.69 Å². The summed E-state index contributed by atoms with van der Waals surface area (Å²) in [6, 6.07) is 13.3. The minimum absolute atomic E-state index is 0.130. The lowest BCUT2D eigenvalue weighted by molar-refractivity contribution is 0.0948. The number of rotatable bonds is 5. The number of nitrogens with one attached hydrogen (secondary N) is 1. The summed E-state index contributed by atoms with van der Waals surface area (Å²) in [7, 11) is 0. The van der Waals surface area contributed by atoms with Crippen molar-refractivity contribution in [3.8, 4) is 6.07 Å². The molecule has 0 unspecified atom stereocenters. The summed E-state index contributed by atoms with van der Waals surface area (Å²) < 4.78 is 14.2. The molecule has 0 saturated carbocycles. The van der Waals surface area contributed by atoms with E-state index < -0.39 is 0 Å². The lowest BCUT2D eigenvalue weighted by Crippen LogP contribution is -2.48. The van der Waals surface area contributed by atoms with Crippen LogP contribution in [-0.2, 0) is 0 Å². The SMILES string of the molecule is N#Cc1ccc(C(=O)NCCN2CCN(c3nc4ccc(F)cc4s3)CC2)cc1. The first-order valence-corrected chi connectivity index (χ1v) is 10.3. The topological polar surface area (TPSA) is 72.3 Å². The highest BCUT2D eigenvalue weighted by Gasteiger charge is 2.20. The van der Waals surface area contributed by atoms with Gasteiger partial charge in [0.15, 0.2) is 5.13 Å². The zero-order valence-corrected chi connectivity index (χ0v) is 16.6. The van der Waals surface area contributed by atoms with Crippen molar-refractivity contribution < 1.29 is 9.18 Å². The monoisotopic (exact) mass is 409 g/mol. The second-order valence-electron chi connectivity index (χ2n) is 6.88. The zero-order valence-electron chi connectivity index (χ0n) is 15.8. The summed E-state index contributed by atoms with van der Waals surface area (Å²) in [6.45, 7) is 4.83. The van der Waals surface area contributed by atoms with Crippen molar-refractivity contribution in [3.05, 3.63) is 59.4 Å². The Morgan fingerprint density at radius 2 is 1.93 bits per heavy atom. The van der Waals surface area contributed by atoms with Gasteiger partial charge in [-0.15, -0.1) is 0 Å². The number of aromatic nitrogens is 1. The molecular formula is C21H20FN5OS. The van der Waals surface area contributed by atoms with Gasteiger partial charge in [-0.05, 0) is 42.5 Å². The number of benzene rings is 2. The van der Waals surface area contributed by atoms with E-state index in [1.54, 1.807) is 30.3 Å². The second-order valence-corrected chi connectivity index (χ2v) is 7.89. The number of carbonyl (C=O) groups excluding carboxylic acids is 1. The van der Waals surface area contributed by atoms with Crippen molar-refractivity contribution in [2.45, 2.75) is 0 Å². The maximum Gasteiger partial charge on any atom is 0.251 e. The normalized spacial score (nSPS) is 14.7. The van der Waals surface area contributed by atoms with Gasteiger partial charge in [-0.2, -0.15) is 5.26 Å². The molecule has 1 aromatic heterocycles. The average molecular weight is 409 g/mol. The van der Waals surface area contributed by atoms with Crippen LogP contribution >= 0.6 is 11.3 Å². The van der Waals surface area contributed by atoms with E-state index in [-0.39, 0.29) is 11.7 Å². The number of nitrogens with zero attached hydrogens (tertiary/aromatic N) is 4. The summed E-state index contributed by atoms with van der Waals surface area (Å²) in [5.41, 5.74) is 1.93. The molecule has 2 heterocycles. The van der Waals surface area contributed by atoms with E-state index in [4.69, 9.17) is 5.26 Å². The molecule has 0 radical (unpaired) electrons. The van der Waals surface area contributed by atoms with Gasteiger partial charge in [0.1, 0.15) is 5.82 Å². The fraction of sp³-hybridized carbons (Fsp3) is 0.286. The lowest BCUT2D eigenvalue weighted by atomic mass is 10.1. The number of thiazole rings is 1. The molecule has 1 aliphatic rings. The predicted molar refractivity (Wildman–Crippen MR) is 112 cm³/mol. The third kappa shape index (κ3) is 4.53. The standard InChI is InChI=1S/C21H20FN5OS/c22-17-5-6-18-19(13-17)29-21(25-18)27-11-9-26(10-12-27)8-7-24-20(28)16-3-1-15(14-23)2-4-16/h1-6,13H,7-12H2,(H,24,28). The number of carbonyl (C=O) groups is 1. The summed E-state index contributed by atoms with van der Waals surface area (Å²) >= 11 is 1.52. The first-order chi connectivity index (χ1) is 14.1. The number of anilines is 1. The van der Waals surface area contributed by atoms with Crippen molar-refractivity contribution in [2.24, 2.45) is 0 Å². The van der Waals surface area contributed by atoms with E-state index in [1.807, 2.05) is 6.07 Å². The van der Waals surface area contributed by atoms with E-state index >= 15 is 0 Å². The average Bonchev–Trinajstić information content (AvgIpc) is 3.17. The minimum Gasteiger partial charge on any atom is -0.351 e. The highest BCUT2D eigenvalue weighted by Crippen LogP contribution is 2.29. The Morgan fingerprint density at radius 1 is 1.17 bits per heavy atom. The van der Waals surface area contributed by atoms with E-state index in [1.165, 1.54) is 23.5 Å². The lowest BCUT2D eigenvalue weighted by Gasteiger charge is -2.34. The van der Waals surface area contributed by atoms with Crippen LogP contribution in [0.4, 0.5) is 9.52 Å². The third-order valence-corrected chi connectivity index (χ3v) is 6.05. The maximum absolute atomic E-state index is 13.4. The molecule has 1 amide bonds. The first-order valence-electron chi connectivity index (χ1n) is 9.44. The van der Waals surface area contributed by atoms with Gasteiger partial charge in [-0.1, -0.05) is 11.3 Å². The van der Waals surface area contributed by atoms with Crippen molar-refractivity contribution in [1.82, 2.24) is 15.2 Å². The number of halogens is 1. The van der Waals surface area contributed by atoms with Crippen LogP contribution in [-0.4, -0.2) is 55.1 Å². The summed E-state index contributed by atoms with van der Waals surface area (Å²) in [5, 5.41) is 12.7. The van der Waals surface area contributed by atoms with Gasteiger partial charge in [-0.25, -0.2) is 9.37 Å². The molecule has 0 spiro atoms. The molecule has 8 heteroatoms. The molecule has 2 aromatic carbocycles. The largest absolute Gasteiger partial charge is 0.351 e. The Bertz CT molecular complexity index is 1050. The molecular weight excluding hydrogens is 389 g/mol. The molecule has 0 atom stereocenters. The Balaban J connectivity index is 1.24. The quantitative estimate of drug-likeness (QED) is 0.702. The van der Waals surface area contributed by atoms with Gasteiger partial charge in [0.05, 0.1) is 21.8 Å². The first kappa shape index (κ1) is 19.3. The Hall–Kier alpha value is -3.02. The number of amides is 1. The fourth-order valence-electron chi connectivity index (χ4n) is 3.31. The van der Waals surface area contributed by atoms with Gasteiger partial charge in [0, 0.05) is 44.8 Å². The van der Waals surface area contributed by atoms with Crippen LogP contribution in [0.25, 0.3) is 10.2 Å². The Morgan fingerprint density at radius 3 is 2.66 bits per heavy atom. The molecule has 1 fully saturated rings. The van der Waals surface area contributed by atoms with Crippen molar-refractivity contribution in [3.63, 3.8) is 0 Å². The summed E-state index contributed by atoms with van der Waals surface area (Å²) in [6.07, 6.45) is 0. The molecule has 1 N–H and O–H groups in total. The molecule has 3 aromatic rings. The molecule has 1 aliphatic heterocycles. The number of nitriles is 1. The molecule has 0 bridgehead atoms. The zero-order chi connectivity index (χ0) is 20.2. The predicted octanol–water partition coefficient (Wildman–Crippen LogP) is 2.86. The van der Waals surface area contributed by atoms with E-state index in [0.717, 1.165) is 48.1 Å². The molecule has 4 rings (SSSR count). The van der Waals surface area contributed by atoms with Crippen molar-refractivity contribution in [2.75, 3.05) is 44.2 Å². The number of piperazine rings is 1. The van der Waals surface area contributed by atoms with E-state index in [0.29, 0.717) is 17.7 Å². The van der Waals surface area contributed by atoms with Crippen LogP contribution in [0, 0.1) is 17.1 Å². The van der Waals surface area contributed by atoms with E-state index in [9.17, 15) is 9.18 Å². The van der Waals surface area contributed by atoms with E-state index in [2.05, 4.69) is 20.1 Å². The van der Waals surface area contributed by atoms with Crippen LogP contribution < -0.4 is 10.2 Å². The van der Waals surface area contributed by atoms with Gasteiger partial charge >= 0.3 is 0 Å². The van der Waals surface area contributed by atoms with Crippen molar-refractivity contribution in [1.29, 1.82) is 5.26 Å². The van der Waals surface area contributed by atoms with Crippen LogP contribution in [0.1, 0.15) is 15.9 Å². The number of fused-ring (bicyclic) bond motifs is 1. The van der Waals surface area contributed by atoms with Crippen LogP contribution in [0.3, 0.4) is 0 Å². The van der Waals surface area contributed by atoms with Crippen LogP contribution in [0.15, 0.2) is 42.5 Å². The smallest absolute Gasteiger partial charge is 0.251 e. The minimum atomic E-state index is -0.236. The molecule has 29 heavy (non-hydrogen) atoms. The van der Waals surface area contributed by atoms with Gasteiger partial charge < -0.3 is 10.2 Å². The fourth-order valence-corrected chi connectivity index (χ4v) is 4.35. The Labute approximate surface area is 172 Å². The van der Waals surface area contributed by atoms with Crippen LogP contribution in [0.2, 0.25) is 0 Å². The van der Waals surface area contributed by atoms with Gasteiger partial charge in [0.25, 0.3) is 5.91 Å². The molecule has 1 saturated heterocycles. The van der Waals surface area contributed by atoms with Crippen molar-refractivity contribution >= 4 is 32.6 Å². The van der Waals surface area contributed by atoms with Gasteiger partial charge in [0.2, 0.25) is 0 Å². The highest BCUT2D eigenvalue weighted by molar-refractivity contribution is 7.22.